The molecule has 2 atom stereocenters. The van der Waals surface area contributed by atoms with E-state index >= 15 is 0 Å². The Kier molecular flexibility index (Phi) is 4.97. The second kappa shape index (κ2) is 6.51. The van der Waals surface area contributed by atoms with E-state index in [2.05, 4.69) is 55.1 Å². The fraction of sp³-hybridized carbons (Fsp3) is 0.625. The molecule has 2 unspecified atom stereocenters. The molecule has 0 saturated carbocycles. The molecule has 19 heavy (non-hydrogen) atoms. The first-order valence-corrected chi connectivity index (χ1v) is 7.29. The Balaban J connectivity index is 2.04. The van der Waals surface area contributed by atoms with Crippen LogP contribution in [0.2, 0.25) is 0 Å². The minimum absolute atomic E-state index is 0.328. The highest BCUT2D eigenvalue weighted by Gasteiger charge is 2.25. The summed E-state index contributed by atoms with van der Waals surface area (Å²) in [6, 6.07) is 9.73. The maximum absolute atomic E-state index is 6.01. The summed E-state index contributed by atoms with van der Waals surface area (Å²) in [5.74, 6) is 0. The fourth-order valence-electron chi connectivity index (χ4n) is 3.12. The largest absolute Gasteiger partial charge is 0.329 e. The molecule has 1 aromatic rings. The van der Waals surface area contributed by atoms with Crippen molar-refractivity contribution in [2.75, 3.05) is 33.7 Å². The maximum atomic E-state index is 6.01. The minimum Gasteiger partial charge on any atom is -0.329 e. The fourth-order valence-corrected chi connectivity index (χ4v) is 3.12. The van der Waals surface area contributed by atoms with Gasteiger partial charge >= 0.3 is 0 Å². The lowest BCUT2D eigenvalue weighted by molar-refractivity contribution is 0.179. The van der Waals surface area contributed by atoms with Gasteiger partial charge in [0.05, 0.1) is 0 Å². The van der Waals surface area contributed by atoms with Crippen molar-refractivity contribution in [3.8, 4) is 0 Å². The van der Waals surface area contributed by atoms with Crippen LogP contribution in [0.15, 0.2) is 24.3 Å². The zero-order valence-electron chi connectivity index (χ0n) is 12.5. The van der Waals surface area contributed by atoms with E-state index in [0.29, 0.717) is 18.6 Å². The van der Waals surface area contributed by atoms with Crippen molar-refractivity contribution in [2.45, 2.75) is 31.8 Å². The number of nitrogens with zero attached hydrogens (tertiary/aromatic N) is 2. The molecule has 1 aliphatic rings. The first kappa shape index (κ1) is 14.5. The summed E-state index contributed by atoms with van der Waals surface area (Å²) in [6.45, 7) is 5.15. The van der Waals surface area contributed by atoms with Gasteiger partial charge in [-0.3, -0.25) is 4.90 Å². The van der Waals surface area contributed by atoms with Gasteiger partial charge in [-0.05, 0) is 46.0 Å². The number of hydrogen-bond acceptors (Lipinski definition) is 3. The van der Waals surface area contributed by atoms with E-state index in [9.17, 15) is 0 Å². The van der Waals surface area contributed by atoms with Gasteiger partial charge < -0.3 is 10.6 Å². The molecule has 0 radical (unpaired) electrons. The summed E-state index contributed by atoms with van der Waals surface area (Å²) in [6.07, 6.45) is 2.64. The highest BCUT2D eigenvalue weighted by Crippen LogP contribution is 2.22. The van der Waals surface area contributed by atoms with Crippen molar-refractivity contribution >= 4 is 0 Å². The molecule has 3 nitrogen and oxygen atoms in total. The second-order valence-electron chi connectivity index (χ2n) is 5.88. The summed E-state index contributed by atoms with van der Waals surface area (Å²) in [5.41, 5.74) is 8.66. The van der Waals surface area contributed by atoms with Gasteiger partial charge in [0.25, 0.3) is 0 Å². The van der Waals surface area contributed by atoms with Gasteiger partial charge in [0.2, 0.25) is 0 Å². The van der Waals surface area contributed by atoms with Crippen molar-refractivity contribution < 1.29 is 0 Å². The summed E-state index contributed by atoms with van der Waals surface area (Å²) in [5, 5.41) is 0. The van der Waals surface area contributed by atoms with Gasteiger partial charge in [-0.1, -0.05) is 29.8 Å². The Morgan fingerprint density at radius 1 is 1.47 bits per heavy atom. The Morgan fingerprint density at radius 2 is 2.26 bits per heavy atom. The summed E-state index contributed by atoms with van der Waals surface area (Å²) < 4.78 is 0. The topological polar surface area (TPSA) is 32.5 Å². The normalized spacial score (nSPS) is 22.1. The van der Waals surface area contributed by atoms with Gasteiger partial charge in [-0.2, -0.15) is 0 Å². The zero-order chi connectivity index (χ0) is 13.8. The smallest absolute Gasteiger partial charge is 0.0468 e. The average molecular weight is 261 g/mol. The number of rotatable bonds is 5. The van der Waals surface area contributed by atoms with E-state index in [1.165, 1.54) is 30.5 Å². The van der Waals surface area contributed by atoms with Crippen LogP contribution in [0.5, 0.6) is 0 Å². The lowest BCUT2D eigenvalue weighted by Crippen LogP contribution is -2.40. The van der Waals surface area contributed by atoms with Crippen molar-refractivity contribution in [3.05, 3.63) is 35.4 Å². The van der Waals surface area contributed by atoms with Crippen LogP contribution in [0.1, 0.15) is 30.0 Å². The first-order valence-electron chi connectivity index (χ1n) is 7.29. The van der Waals surface area contributed by atoms with Crippen molar-refractivity contribution in [1.29, 1.82) is 0 Å². The molecule has 0 aliphatic carbocycles. The average Bonchev–Trinajstić information content (AvgIpc) is 2.76. The molecule has 1 heterocycles. The predicted octanol–water partition coefficient (Wildman–Crippen LogP) is 2.02. The molecule has 1 aliphatic heterocycles. The molecular formula is C16H27N3. The maximum Gasteiger partial charge on any atom is 0.0468 e. The Bertz CT molecular complexity index is 405. The third kappa shape index (κ3) is 3.56. The SMILES string of the molecule is Cc1cccc(C(CN)N(C)CC2CCCN2C)c1. The standard InChI is InChI=1S/C16H27N3/c1-13-6-4-7-14(10-13)16(11-17)19(3)12-15-8-5-9-18(15)2/h4,6-7,10,15-16H,5,8-9,11-12,17H2,1-3H3. The van der Waals surface area contributed by atoms with Crippen molar-refractivity contribution in [1.82, 2.24) is 9.80 Å². The van der Waals surface area contributed by atoms with Crippen molar-refractivity contribution in [3.63, 3.8) is 0 Å². The predicted molar refractivity (Wildman–Crippen MR) is 81.3 cm³/mol. The third-order valence-corrected chi connectivity index (χ3v) is 4.35. The van der Waals surface area contributed by atoms with Gasteiger partial charge in [0.1, 0.15) is 0 Å². The molecule has 0 spiro atoms. The Morgan fingerprint density at radius 3 is 2.84 bits per heavy atom. The molecule has 2 rings (SSSR count). The van der Waals surface area contributed by atoms with Crippen LogP contribution in [-0.4, -0.2) is 49.6 Å². The van der Waals surface area contributed by atoms with E-state index in [0.717, 1.165) is 6.54 Å². The quantitative estimate of drug-likeness (QED) is 0.880. The van der Waals surface area contributed by atoms with Gasteiger partial charge in [-0.15, -0.1) is 0 Å². The van der Waals surface area contributed by atoms with E-state index in [1.54, 1.807) is 0 Å². The molecule has 1 fully saturated rings. The number of nitrogens with two attached hydrogens (primary N) is 1. The van der Waals surface area contributed by atoms with Gasteiger partial charge in [0, 0.05) is 25.2 Å². The number of likely N-dealkylation sites (N-methyl/N-ethyl adjacent to an activating group) is 2. The monoisotopic (exact) mass is 261 g/mol. The number of benzene rings is 1. The van der Waals surface area contributed by atoms with Gasteiger partial charge in [-0.25, -0.2) is 0 Å². The van der Waals surface area contributed by atoms with Crippen LogP contribution < -0.4 is 5.73 Å². The molecule has 0 bridgehead atoms. The van der Waals surface area contributed by atoms with E-state index < -0.39 is 0 Å². The number of likely N-dealkylation sites (tertiary alicyclic amines) is 1. The summed E-state index contributed by atoms with van der Waals surface area (Å²) >= 11 is 0. The molecule has 0 aromatic heterocycles. The van der Waals surface area contributed by atoms with E-state index in [-0.39, 0.29) is 0 Å². The molecule has 106 valence electrons. The summed E-state index contributed by atoms with van der Waals surface area (Å²) in [4.78, 5) is 4.89. The van der Waals surface area contributed by atoms with Gasteiger partial charge in [0.15, 0.2) is 0 Å². The molecule has 2 N–H and O–H groups in total. The van der Waals surface area contributed by atoms with E-state index in [1.807, 2.05) is 0 Å². The summed E-state index contributed by atoms with van der Waals surface area (Å²) in [7, 11) is 4.43. The Hall–Kier alpha value is -0.900. The van der Waals surface area contributed by atoms with Crippen LogP contribution in [0.25, 0.3) is 0 Å². The number of aryl methyl sites for hydroxylation is 1. The Labute approximate surface area is 117 Å². The van der Waals surface area contributed by atoms with Crippen LogP contribution in [-0.2, 0) is 0 Å². The van der Waals surface area contributed by atoms with Crippen molar-refractivity contribution in [2.24, 2.45) is 5.73 Å². The van der Waals surface area contributed by atoms with Crippen LogP contribution in [0.4, 0.5) is 0 Å². The zero-order valence-corrected chi connectivity index (χ0v) is 12.5. The third-order valence-electron chi connectivity index (χ3n) is 4.35. The van der Waals surface area contributed by atoms with Crippen LogP contribution in [0.3, 0.4) is 0 Å². The first-order chi connectivity index (χ1) is 9.11. The molecule has 0 amide bonds. The number of hydrogen-bond donors (Lipinski definition) is 1. The lowest BCUT2D eigenvalue weighted by atomic mass is 10.0. The molecule has 1 saturated heterocycles. The van der Waals surface area contributed by atoms with Crippen LogP contribution in [0, 0.1) is 6.92 Å². The molecular weight excluding hydrogens is 234 g/mol. The highest BCUT2D eigenvalue weighted by molar-refractivity contribution is 5.25. The van der Waals surface area contributed by atoms with Crippen LogP contribution >= 0.6 is 0 Å². The highest BCUT2D eigenvalue weighted by atomic mass is 15.2. The molecule has 1 aromatic carbocycles. The second-order valence-corrected chi connectivity index (χ2v) is 5.88. The molecule has 3 heteroatoms. The van der Waals surface area contributed by atoms with E-state index in [4.69, 9.17) is 5.73 Å². The lowest BCUT2D eigenvalue weighted by Gasteiger charge is -2.32. The minimum atomic E-state index is 0.328.